The van der Waals surface area contributed by atoms with E-state index in [9.17, 15) is 4.79 Å². The number of rotatable bonds is 3. The van der Waals surface area contributed by atoms with Crippen molar-refractivity contribution in [2.45, 2.75) is 6.92 Å². The highest BCUT2D eigenvalue weighted by atomic mass is 32.2. The minimum absolute atomic E-state index is 0.192. The minimum atomic E-state index is -0.192. The van der Waals surface area contributed by atoms with Crippen LogP contribution in [-0.2, 0) is 9.53 Å². The average molecular weight is 158 g/mol. The molecule has 3 heteroatoms. The van der Waals surface area contributed by atoms with E-state index in [0.29, 0.717) is 11.5 Å². The summed E-state index contributed by atoms with van der Waals surface area (Å²) in [6.45, 7) is 1.78. The van der Waals surface area contributed by atoms with Crippen molar-refractivity contribution in [2.24, 2.45) is 0 Å². The molecule has 0 saturated carbocycles. The molecule has 0 aliphatic carbocycles. The second-order valence-corrected chi connectivity index (χ2v) is 2.48. The van der Waals surface area contributed by atoms with Gasteiger partial charge in [0, 0.05) is 0 Å². The predicted octanol–water partition coefficient (Wildman–Crippen LogP) is 0.916. The standard InChI is InChI=1S/C7H10O2S/c1-3-4-5-10-6-7(8)9-2/h5-6H2,1-2H3. The van der Waals surface area contributed by atoms with Gasteiger partial charge in [-0.25, -0.2) is 0 Å². The van der Waals surface area contributed by atoms with Crippen molar-refractivity contribution >= 4 is 17.7 Å². The number of esters is 1. The number of methoxy groups -OCH3 is 1. The number of hydrogen-bond acceptors (Lipinski definition) is 3. The van der Waals surface area contributed by atoms with Crippen LogP contribution in [0.1, 0.15) is 6.92 Å². The van der Waals surface area contributed by atoms with Crippen molar-refractivity contribution in [3.63, 3.8) is 0 Å². The summed E-state index contributed by atoms with van der Waals surface area (Å²) in [5.74, 6) is 6.47. The van der Waals surface area contributed by atoms with Crippen LogP contribution in [-0.4, -0.2) is 24.6 Å². The lowest BCUT2D eigenvalue weighted by molar-refractivity contribution is -0.137. The van der Waals surface area contributed by atoms with Crippen molar-refractivity contribution in [2.75, 3.05) is 18.6 Å². The van der Waals surface area contributed by atoms with Crippen LogP contribution in [0.15, 0.2) is 0 Å². The molecule has 2 nitrogen and oxygen atoms in total. The lowest BCUT2D eigenvalue weighted by Crippen LogP contribution is -2.03. The molecule has 10 heavy (non-hydrogen) atoms. The van der Waals surface area contributed by atoms with Crippen LogP contribution in [0.4, 0.5) is 0 Å². The van der Waals surface area contributed by atoms with Gasteiger partial charge < -0.3 is 4.74 Å². The van der Waals surface area contributed by atoms with E-state index in [1.54, 1.807) is 6.92 Å². The van der Waals surface area contributed by atoms with E-state index in [2.05, 4.69) is 16.6 Å². The first kappa shape index (κ1) is 9.38. The molecule has 0 aliphatic heterocycles. The third-order valence-corrected chi connectivity index (χ3v) is 1.59. The number of ether oxygens (including phenoxy) is 1. The Morgan fingerprint density at radius 2 is 2.40 bits per heavy atom. The molecule has 0 aliphatic rings. The van der Waals surface area contributed by atoms with Crippen molar-refractivity contribution in [3.05, 3.63) is 0 Å². The van der Waals surface area contributed by atoms with Crippen LogP contribution < -0.4 is 0 Å². The number of hydrogen-bond donors (Lipinski definition) is 0. The van der Waals surface area contributed by atoms with E-state index in [1.165, 1.54) is 18.9 Å². The normalized spacial score (nSPS) is 7.80. The summed E-state index contributed by atoms with van der Waals surface area (Å²) in [6.07, 6.45) is 0. The average Bonchev–Trinajstić information content (AvgIpc) is 1.98. The van der Waals surface area contributed by atoms with Gasteiger partial charge >= 0.3 is 5.97 Å². The fourth-order valence-corrected chi connectivity index (χ4v) is 0.949. The molecule has 0 spiro atoms. The summed E-state index contributed by atoms with van der Waals surface area (Å²) in [7, 11) is 1.38. The monoisotopic (exact) mass is 158 g/mol. The predicted molar refractivity (Wildman–Crippen MR) is 42.8 cm³/mol. The summed E-state index contributed by atoms with van der Waals surface area (Å²) in [5, 5.41) is 0. The molecule has 0 unspecified atom stereocenters. The molecule has 0 aromatic heterocycles. The summed E-state index contributed by atoms with van der Waals surface area (Å²) in [6, 6.07) is 0. The zero-order chi connectivity index (χ0) is 7.82. The van der Waals surface area contributed by atoms with Gasteiger partial charge in [-0.05, 0) is 6.92 Å². The van der Waals surface area contributed by atoms with E-state index in [0.717, 1.165) is 0 Å². The van der Waals surface area contributed by atoms with E-state index < -0.39 is 0 Å². The second-order valence-electron chi connectivity index (χ2n) is 1.50. The van der Waals surface area contributed by atoms with Crippen molar-refractivity contribution < 1.29 is 9.53 Å². The SMILES string of the molecule is CC#CCSCC(=O)OC. The fraction of sp³-hybridized carbons (Fsp3) is 0.571. The van der Waals surface area contributed by atoms with E-state index in [4.69, 9.17) is 0 Å². The first-order valence-corrected chi connectivity index (χ1v) is 4.01. The molecule has 0 aromatic rings. The maximum Gasteiger partial charge on any atom is 0.315 e. The van der Waals surface area contributed by atoms with Gasteiger partial charge in [0.1, 0.15) is 0 Å². The van der Waals surface area contributed by atoms with Gasteiger partial charge in [0.05, 0.1) is 18.6 Å². The van der Waals surface area contributed by atoms with Gasteiger partial charge in [0.2, 0.25) is 0 Å². The third kappa shape index (κ3) is 5.52. The van der Waals surface area contributed by atoms with E-state index in [-0.39, 0.29) is 5.97 Å². The topological polar surface area (TPSA) is 26.3 Å². The van der Waals surface area contributed by atoms with Gasteiger partial charge in [-0.15, -0.1) is 17.7 Å². The van der Waals surface area contributed by atoms with Gasteiger partial charge in [-0.2, -0.15) is 0 Å². The molecular formula is C7H10O2S. The van der Waals surface area contributed by atoms with Gasteiger partial charge in [-0.1, -0.05) is 5.92 Å². The summed E-state index contributed by atoms with van der Waals surface area (Å²) in [4.78, 5) is 10.5. The quantitative estimate of drug-likeness (QED) is 0.347. The molecule has 0 radical (unpaired) electrons. The van der Waals surface area contributed by atoms with Crippen LogP contribution in [0, 0.1) is 11.8 Å². The second kappa shape index (κ2) is 6.50. The Labute approximate surface area is 65.3 Å². The first-order valence-electron chi connectivity index (χ1n) is 2.85. The molecular weight excluding hydrogens is 148 g/mol. The minimum Gasteiger partial charge on any atom is -0.468 e. The van der Waals surface area contributed by atoms with Crippen LogP contribution in [0.25, 0.3) is 0 Å². The molecule has 0 atom stereocenters. The lowest BCUT2D eigenvalue weighted by Gasteiger charge is -1.93. The Kier molecular flexibility index (Phi) is 6.10. The Bertz CT molecular complexity index is 155. The summed E-state index contributed by atoms with van der Waals surface area (Å²) in [5.41, 5.74) is 0. The molecule has 0 heterocycles. The molecule has 0 amide bonds. The van der Waals surface area contributed by atoms with Gasteiger partial charge in [-0.3, -0.25) is 4.79 Å². The summed E-state index contributed by atoms with van der Waals surface area (Å²) < 4.78 is 4.42. The number of carbonyl (C=O) groups is 1. The van der Waals surface area contributed by atoms with Crippen LogP contribution in [0.2, 0.25) is 0 Å². The third-order valence-electron chi connectivity index (χ3n) is 0.799. The maximum absolute atomic E-state index is 10.5. The van der Waals surface area contributed by atoms with E-state index in [1.807, 2.05) is 0 Å². The highest BCUT2D eigenvalue weighted by Gasteiger charge is 1.96. The molecule has 0 aromatic carbocycles. The molecule has 0 rings (SSSR count). The largest absolute Gasteiger partial charge is 0.468 e. The Hall–Kier alpha value is -0.620. The van der Waals surface area contributed by atoms with Crippen molar-refractivity contribution in [1.82, 2.24) is 0 Å². The number of thioether (sulfide) groups is 1. The van der Waals surface area contributed by atoms with Crippen molar-refractivity contribution in [3.8, 4) is 11.8 Å². The molecule has 0 N–H and O–H groups in total. The molecule has 56 valence electrons. The zero-order valence-electron chi connectivity index (χ0n) is 6.14. The van der Waals surface area contributed by atoms with Crippen LogP contribution in [0.5, 0.6) is 0 Å². The van der Waals surface area contributed by atoms with Gasteiger partial charge in [0.25, 0.3) is 0 Å². The Morgan fingerprint density at radius 1 is 1.70 bits per heavy atom. The zero-order valence-corrected chi connectivity index (χ0v) is 6.96. The Balaban J connectivity index is 3.17. The molecule has 0 bridgehead atoms. The van der Waals surface area contributed by atoms with Crippen LogP contribution in [0.3, 0.4) is 0 Å². The van der Waals surface area contributed by atoms with Crippen molar-refractivity contribution in [1.29, 1.82) is 0 Å². The Morgan fingerprint density at radius 3 is 2.90 bits per heavy atom. The number of carbonyl (C=O) groups excluding carboxylic acids is 1. The highest BCUT2D eigenvalue weighted by Crippen LogP contribution is 1.97. The highest BCUT2D eigenvalue weighted by molar-refractivity contribution is 8.00. The fourth-order valence-electron chi connectivity index (χ4n) is 0.316. The molecule has 0 fully saturated rings. The smallest absolute Gasteiger partial charge is 0.315 e. The first-order chi connectivity index (χ1) is 4.81. The maximum atomic E-state index is 10.5. The lowest BCUT2D eigenvalue weighted by atomic mass is 10.7. The summed E-state index contributed by atoms with van der Waals surface area (Å²) >= 11 is 1.46. The van der Waals surface area contributed by atoms with Gasteiger partial charge in [0.15, 0.2) is 0 Å². The van der Waals surface area contributed by atoms with Crippen LogP contribution >= 0.6 is 11.8 Å². The molecule has 0 saturated heterocycles. The van der Waals surface area contributed by atoms with E-state index >= 15 is 0 Å².